The number of nitrogens with two attached hydrogens (primary N) is 1. The molecular formula is C9H15N3O2S. The van der Waals surface area contributed by atoms with Gasteiger partial charge in [-0.25, -0.2) is 0 Å². The maximum absolute atomic E-state index is 11.6. The molecule has 0 radical (unpaired) electrons. The minimum absolute atomic E-state index is 0.167. The summed E-state index contributed by atoms with van der Waals surface area (Å²) < 4.78 is 5.12. The lowest BCUT2D eigenvalue weighted by Crippen LogP contribution is -2.22. The fraction of sp³-hybridized carbons (Fsp3) is 0.444. The van der Waals surface area contributed by atoms with Crippen LogP contribution in [0.15, 0.2) is 0 Å². The van der Waals surface area contributed by atoms with E-state index in [9.17, 15) is 4.79 Å². The molecule has 84 valence electrons. The van der Waals surface area contributed by atoms with Crippen molar-refractivity contribution in [3.05, 3.63) is 4.88 Å². The standard InChI is InChI=1S/C9H15N3O2S/c1-4-12-8(13)7-5(10)6(14-3)9(11-2)15-7/h11H,4,10H2,1-3H3,(H,12,13). The Morgan fingerprint density at radius 1 is 1.60 bits per heavy atom. The first-order chi connectivity index (χ1) is 7.15. The highest BCUT2D eigenvalue weighted by atomic mass is 32.1. The number of rotatable bonds is 4. The van der Waals surface area contributed by atoms with Crippen LogP contribution in [0.25, 0.3) is 0 Å². The molecule has 15 heavy (non-hydrogen) atoms. The SMILES string of the molecule is CCNC(=O)c1sc(NC)c(OC)c1N. The van der Waals surface area contributed by atoms with Crippen molar-refractivity contribution in [3.63, 3.8) is 0 Å². The quantitative estimate of drug-likeness (QED) is 0.723. The van der Waals surface area contributed by atoms with E-state index in [4.69, 9.17) is 10.5 Å². The second-order valence-corrected chi connectivity index (χ2v) is 3.84. The van der Waals surface area contributed by atoms with Crippen LogP contribution in [0.3, 0.4) is 0 Å². The van der Waals surface area contributed by atoms with E-state index in [1.54, 1.807) is 7.05 Å². The van der Waals surface area contributed by atoms with Crippen LogP contribution in [0.4, 0.5) is 10.7 Å². The van der Waals surface area contributed by atoms with E-state index in [1.165, 1.54) is 18.4 Å². The number of carbonyl (C=O) groups excluding carboxylic acids is 1. The van der Waals surface area contributed by atoms with Crippen molar-refractivity contribution < 1.29 is 9.53 Å². The van der Waals surface area contributed by atoms with Gasteiger partial charge in [0.05, 0.1) is 7.11 Å². The molecular weight excluding hydrogens is 214 g/mol. The number of amides is 1. The summed E-state index contributed by atoms with van der Waals surface area (Å²) in [6.07, 6.45) is 0. The van der Waals surface area contributed by atoms with Crippen LogP contribution in [0.5, 0.6) is 5.75 Å². The zero-order valence-corrected chi connectivity index (χ0v) is 9.83. The number of methoxy groups -OCH3 is 1. The fourth-order valence-corrected chi connectivity index (χ4v) is 2.17. The molecule has 0 atom stereocenters. The predicted molar refractivity (Wildman–Crippen MR) is 62.8 cm³/mol. The monoisotopic (exact) mass is 229 g/mol. The Hall–Kier alpha value is -1.43. The highest BCUT2D eigenvalue weighted by molar-refractivity contribution is 7.19. The smallest absolute Gasteiger partial charge is 0.263 e. The second kappa shape index (κ2) is 4.88. The third-order valence-electron chi connectivity index (χ3n) is 1.87. The van der Waals surface area contributed by atoms with E-state index in [2.05, 4.69) is 10.6 Å². The van der Waals surface area contributed by atoms with Crippen molar-refractivity contribution in [1.29, 1.82) is 0 Å². The number of ether oxygens (including phenoxy) is 1. The summed E-state index contributed by atoms with van der Waals surface area (Å²) in [7, 11) is 3.29. The van der Waals surface area contributed by atoms with Crippen molar-refractivity contribution in [2.75, 3.05) is 31.8 Å². The first kappa shape index (κ1) is 11.6. The number of carbonyl (C=O) groups is 1. The summed E-state index contributed by atoms with van der Waals surface area (Å²) >= 11 is 1.29. The van der Waals surface area contributed by atoms with E-state index >= 15 is 0 Å². The molecule has 0 aliphatic carbocycles. The van der Waals surface area contributed by atoms with Gasteiger partial charge in [0, 0.05) is 13.6 Å². The van der Waals surface area contributed by atoms with Crippen LogP contribution >= 0.6 is 11.3 Å². The highest BCUT2D eigenvalue weighted by Crippen LogP contribution is 2.41. The number of thiophene rings is 1. The van der Waals surface area contributed by atoms with Gasteiger partial charge in [0.1, 0.15) is 15.6 Å². The van der Waals surface area contributed by atoms with E-state index < -0.39 is 0 Å². The second-order valence-electron chi connectivity index (χ2n) is 2.82. The number of nitrogen functional groups attached to an aromatic ring is 1. The lowest BCUT2D eigenvalue weighted by Gasteiger charge is -2.02. The van der Waals surface area contributed by atoms with Gasteiger partial charge in [-0.15, -0.1) is 11.3 Å². The highest BCUT2D eigenvalue weighted by Gasteiger charge is 2.20. The van der Waals surface area contributed by atoms with Gasteiger partial charge in [-0.1, -0.05) is 0 Å². The van der Waals surface area contributed by atoms with Gasteiger partial charge < -0.3 is 21.1 Å². The first-order valence-corrected chi connectivity index (χ1v) is 5.39. The van der Waals surface area contributed by atoms with Crippen molar-refractivity contribution in [2.24, 2.45) is 0 Å². The lowest BCUT2D eigenvalue weighted by atomic mass is 10.3. The Labute approximate surface area is 92.6 Å². The Kier molecular flexibility index (Phi) is 3.79. The van der Waals surface area contributed by atoms with Gasteiger partial charge >= 0.3 is 0 Å². The van der Waals surface area contributed by atoms with Gasteiger partial charge in [0.25, 0.3) is 5.91 Å². The molecule has 1 aromatic rings. The van der Waals surface area contributed by atoms with Crippen LogP contribution in [0, 0.1) is 0 Å². The first-order valence-electron chi connectivity index (χ1n) is 4.57. The van der Waals surface area contributed by atoms with E-state index in [1.807, 2.05) is 6.92 Å². The molecule has 0 saturated carbocycles. The maximum atomic E-state index is 11.6. The topological polar surface area (TPSA) is 76.4 Å². The fourth-order valence-electron chi connectivity index (χ4n) is 1.21. The van der Waals surface area contributed by atoms with Crippen LogP contribution in [0.1, 0.15) is 16.6 Å². The molecule has 4 N–H and O–H groups in total. The summed E-state index contributed by atoms with van der Waals surface area (Å²) in [4.78, 5) is 12.1. The summed E-state index contributed by atoms with van der Waals surface area (Å²) in [5.74, 6) is 0.364. The molecule has 1 amide bonds. The van der Waals surface area contributed by atoms with Gasteiger partial charge in [0.15, 0.2) is 5.75 Å². The maximum Gasteiger partial charge on any atom is 0.263 e. The minimum atomic E-state index is -0.167. The molecule has 1 aromatic heterocycles. The van der Waals surface area contributed by atoms with Gasteiger partial charge in [-0.3, -0.25) is 4.79 Å². The molecule has 0 spiro atoms. The third kappa shape index (κ3) is 2.15. The average molecular weight is 229 g/mol. The molecule has 1 rings (SSSR count). The number of anilines is 2. The van der Waals surface area contributed by atoms with Crippen molar-refractivity contribution in [2.45, 2.75) is 6.92 Å². The molecule has 0 fully saturated rings. The molecule has 0 saturated heterocycles. The predicted octanol–water partition coefficient (Wildman–Crippen LogP) is 1.13. The van der Waals surface area contributed by atoms with E-state index in [0.29, 0.717) is 22.9 Å². The average Bonchev–Trinajstić information content (AvgIpc) is 2.55. The molecule has 6 heteroatoms. The lowest BCUT2D eigenvalue weighted by molar-refractivity contribution is 0.0960. The van der Waals surface area contributed by atoms with E-state index in [0.717, 1.165) is 5.00 Å². The summed E-state index contributed by atoms with van der Waals surface area (Å²) in [6, 6.07) is 0. The molecule has 0 aromatic carbocycles. The Bertz CT molecular complexity index is 362. The zero-order chi connectivity index (χ0) is 11.4. The van der Waals surface area contributed by atoms with Crippen LogP contribution in [0.2, 0.25) is 0 Å². The third-order valence-corrected chi connectivity index (χ3v) is 3.08. The van der Waals surface area contributed by atoms with Crippen LogP contribution in [-0.4, -0.2) is 26.6 Å². The van der Waals surface area contributed by atoms with Gasteiger partial charge in [-0.05, 0) is 6.92 Å². The van der Waals surface area contributed by atoms with Gasteiger partial charge in [-0.2, -0.15) is 0 Å². The molecule has 0 aliphatic heterocycles. The van der Waals surface area contributed by atoms with Crippen LogP contribution < -0.4 is 21.1 Å². The number of nitrogens with one attached hydrogen (secondary N) is 2. The van der Waals surface area contributed by atoms with Gasteiger partial charge in [0.2, 0.25) is 0 Å². The largest absolute Gasteiger partial charge is 0.492 e. The van der Waals surface area contributed by atoms with E-state index in [-0.39, 0.29) is 5.91 Å². The summed E-state index contributed by atoms with van der Waals surface area (Å²) in [5.41, 5.74) is 6.19. The van der Waals surface area contributed by atoms with Crippen LogP contribution in [-0.2, 0) is 0 Å². The number of hydrogen-bond donors (Lipinski definition) is 3. The van der Waals surface area contributed by atoms with Crippen molar-refractivity contribution in [1.82, 2.24) is 5.32 Å². The van der Waals surface area contributed by atoms with Crippen molar-refractivity contribution >= 4 is 27.9 Å². The molecule has 0 aliphatic rings. The Morgan fingerprint density at radius 2 is 2.27 bits per heavy atom. The molecule has 5 nitrogen and oxygen atoms in total. The van der Waals surface area contributed by atoms with Crippen molar-refractivity contribution in [3.8, 4) is 5.75 Å². The molecule has 0 unspecified atom stereocenters. The number of hydrogen-bond acceptors (Lipinski definition) is 5. The minimum Gasteiger partial charge on any atom is -0.492 e. The molecule has 1 heterocycles. The Balaban J connectivity index is 3.09. The normalized spacial score (nSPS) is 9.80. The Morgan fingerprint density at radius 3 is 2.67 bits per heavy atom. The summed E-state index contributed by atoms with van der Waals surface area (Å²) in [6.45, 7) is 2.44. The molecule has 0 bridgehead atoms. The summed E-state index contributed by atoms with van der Waals surface area (Å²) in [5, 5.41) is 6.40. The zero-order valence-electron chi connectivity index (χ0n) is 9.01.